The molecule has 0 unspecified atom stereocenters. The van der Waals surface area contributed by atoms with E-state index in [4.69, 9.17) is 4.98 Å². The SMILES string of the molecule is N#Cc1c(-c2ccccc2)cc(-c2ccccc2)nc1SCC(=O)c1ccc(C2CCCCC2)cc1. The van der Waals surface area contributed by atoms with Gasteiger partial charge in [0, 0.05) is 16.7 Å². The lowest BCUT2D eigenvalue weighted by atomic mass is 9.84. The van der Waals surface area contributed by atoms with E-state index in [0.717, 1.165) is 22.4 Å². The van der Waals surface area contributed by atoms with Gasteiger partial charge in [-0.2, -0.15) is 5.26 Å². The van der Waals surface area contributed by atoms with Gasteiger partial charge >= 0.3 is 0 Å². The Morgan fingerprint density at radius 1 is 0.861 bits per heavy atom. The van der Waals surface area contributed by atoms with Gasteiger partial charge in [0.2, 0.25) is 0 Å². The average molecular weight is 489 g/mol. The van der Waals surface area contributed by atoms with E-state index in [9.17, 15) is 10.1 Å². The summed E-state index contributed by atoms with van der Waals surface area (Å²) in [6.07, 6.45) is 6.41. The lowest BCUT2D eigenvalue weighted by molar-refractivity contribution is 0.102. The number of rotatable bonds is 7. The number of thioether (sulfide) groups is 1. The summed E-state index contributed by atoms with van der Waals surface area (Å²) in [5.41, 5.74) is 6.12. The number of hydrogen-bond acceptors (Lipinski definition) is 4. The third kappa shape index (κ3) is 5.42. The van der Waals surface area contributed by atoms with Crippen molar-refractivity contribution in [3.05, 3.63) is 108 Å². The van der Waals surface area contributed by atoms with E-state index in [1.807, 2.05) is 78.9 Å². The van der Waals surface area contributed by atoms with Gasteiger partial charge in [-0.1, -0.05) is 116 Å². The van der Waals surface area contributed by atoms with Crippen LogP contribution in [0.25, 0.3) is 22.4 Å². The number of nitriles is 1. The Morgan fingerprint density at radius 2 is 1.50 bits per heavy atom. The maximum absolute atomic E-state index is 13.1. The summed E-state index contributed by atoms with van der Waals surface area (Å²) in [5.74, 6) is 0.903. The van der Waals surface area contributed by atoms with Crippen molar-refractivity contribution in [3.8, 4) is 28.5 Å². The second-order valence-corrected chi connectivity index (χ2v) is 10.2. The van der Waals surface area contributed by atoms with E-state index in [1.165, 1.54) is 49.4 Å². The summed E-state index contributed by atoms with van der Waals surface area (Å²) in [6, 6.07) is 32.3. The van der Waals surface area contributed by atoms with Gasteiger partial charge < -0.3 is 0 Å². The number of hydrogen-bond donors (Lipinski definition) is 0. The predicted octanol–water partition coefficient (Wildman–Crippen LogP) is 8.31. The van der Waals surface area contributed by atoms with Gasteiger partial charge in [0.1, 0.15) is 11.1 Å². The lowest BCUT2D eigenvalue weighted by Gasteiger charge is -2.22. The lowest BCUT2D eigenvalue weighted by Crippen LogP contribution is -2.07. The number of pyridine rings is 1. The maximum Gasteiger partial charge on any atom is 0.173 e. The van der Waals surface area contributed by atoms with Crippen LogP contribution in [0.2, 0.25) is 0 Å². The molecule has 1 aliphatic carbocycles. The fourth-order valence-corrected chi connectivity index (χ4v) is 5.83. The molecule has 0 N–H and O–H groups in total. The molecule has 1 aromatic heterocycles. The minimum Gasteiger partial charge on any atom is -0.293 e. The van der Waals surface area contributed by atoms with Crippen molar-refractivity contribution in [1.29, 1.82) is 5.26 Å². The van der Waals surface area contributed by atoms with Gasteiger partial charge in [0.15, 0.2) is 5.78 Å². The van der Waals surface area contributed by atoms with Crippen molar-refractivity contribution in [1.82, 2.24) is 4.98 Å². The van der Waals surface area contributed by atoms with Gasteiger partial charge in [0.05, 0.1) is 17.0 Å². The molecule has 36 heavy (non-hydrogen) atoms. The summed E-state index contributed by atoms with van der Waals surface area (Å²) in [5, 5.41) is 10.7. The monoisotopic (exact) mass is 488 g/mol. The number of Topliss-reactive ketones (excluding diaryl/α,β-unsaturated/α-hetero) is 1. The highest BCUT2D eigenvalue weighted by Gasteiger charge is 2.19. The van der Waals surface area contributed by atoms with E-state index in [0.29, 0.717) is 22.1 Å². The van der Waals surface area contributed by atoms with Crippen LogP contribution in [0.5, 0.6) is 0 Å². The molecular weight excluding hydrogens is 460 g/mol. The van der Waals surface area contributed by atoms with Crippen LogP contribution in [0, 0.1) is 11.3 Å². The normalized spacial score (nSPS) is 13.8. The van der Waals surface area contributed by atoms with Gasteiger partial charge in [-0.05, 0) is 36.0 Å². The minimum atomic E-state index is 0.0484. The van der Waals surface area contributed by atoms with Crippen LogP contribution in [-0.2, 0) is 0 Å². The summed E-state index contributed by atoms with van der Waals surface area (Å²) < 4.78 is 0. The molecule has 1 saturated carbocycles. The number of benzene rings is 3. The molecule has 0 spiro atoms. The highest BCUT2D eigenvalue weighted by molar-refractivity contribution is 8.00. The maximum atomic E-state index is 13.1. The number of nitrogens with zero attached hydrogens (tertiary/aromatic N) is 2. The number of carbonyl (C=O) groups is 1. The molecule has 0 bridgehead atoms. The van der Waals surface area contributed by atoms with Crippen molar-refractivity contribution in [2.75, 3.05) is 5.75 Å². The van der Waals surface area contributed by atoms with Crippen LogP contribution in [0.1, 0.15) is 59.5 Å². The molecule has 0 saturated heterocycles. The van der Waals surface area contributed by atoms with Crippen molar-refractivity contribution < 1.29 is 4.79 Å². The molecule has 1 aliphatic rings. The Bertz CT molecular complexity index is 1370. The summed E-state index contributed by atoms with van der Waals surface area (Å²) >= 11 is 1.34. The smallest absolute Gasteiger partial charge is 0.173 e. The van der Waals surface area contributed by atoms with E-state index in [1.54, 1.807) is 0 Å². The fourth-order valence-electron chi connectivity index (χ4n) is 4.93. The Hall–Kier alpha value is -3.68. The van der Waals surface area contributed by atoms with Crippen molar-refractivity contribution >= 4 is 17.5 Å². The van der Waals surface area contributed by atoms with Gasteiger partial charge in [-0.25, -0.2) is 4.98 Å². The number of aromatic nitrogens is 1. The Kier molecular flexibility index (Phi) is 7.59. The molecule has 5 rings (SSSR count). The number of ketones is 1. The molecule has 178 valence electrons. The third-order valence-corrected chi connectivity index (χ3v) is 7.88. The van der Waals surface area contributed by atoms with Gasteiger partial charge in [-0.3, -0.25) is 4.79 Å². The van der Waals surface area contributed by atoms with Crippen molar-refractivity contribution in [3.63, 3.8) is 0 Å². The summed E-state index contributed by atoms with van der Waals surface area (Å²) in [7, 11) is 0. The molecule has 0 amide bonds. The molecule has 4 heteroatoms. The van der Waals surface area contributed by atoms with E-state index in [-0.39, 0.29) is 11.5 Å². The molecule has 1 heterocycles. The fraction of sp³-hybridized carbons (Fsp3) is 0.219. The molecule has 0 atom stereocenters. The van der Waals surface area contributed by atoms with E-state index < -0.39 is 0 Å². The molecule has 0 radical (unpaired) electrons. The minimum absolute atomic E-state index is 0.0484. The number of carbonyl (C=O) groups excluding carboxylic acids is 1. The van der Waals surface area contributed by atoms with Crippen LogP contribution in [-0.4, -0.2) is 16.5 Å². The Balaban J connectivity index is 1.41. The van der Waals surface area contributed by atoms with Crippen molar-refractivity contribution in [2.24, 2.45) is 0 Å². The second-order valence-electron chi connectivity index (χ2n) is 9.25. The molecular formula is C32H28N2OS. The van der Waals surface area contributed by atoms with Crippen LogP contribution in [0.15, 0.2) is 96.0 Å². The first-order chi connectivity index (χ1) is 17.7. The zero-order chi connectivity index (χ0) is 24.7. The molecule has 3 aromatic carbocycles. The Morgan fingerprint density at radius 3 is 2.14 bits per heavy atom. The zero-order valence-electron chi connectivity index (χ0n) is 20.2. The first-order valence-electron chi connectivity index (χ1n) is 12.5. The van der Waals surface area contributed by atoms with Crippen LogP contribution >= 0.6 is 11.8 Å². The Labute approximate surface area is 217 Å². The zero-order valence-corrected chi connectivity index (χ0v) is 21.0. The first kappa shape index (κ1) is 24.0. The quantitative estimate of drug-likeness (QED) is 0.194. The van der Waals surface area contributed by atoms with E-state index >= 15 is 0 Å². The first-order valence-corrected chi connectivity index (χ1v) is 13.5. The van der Waals surface area contributed by atoms with E-state index in [2.05, 4.69) is 18.2 Å². The van der Waals surface area contributed by atoms with Crippen LogP contribution in [0.3, 0.4) is 0 Å². The highest BCUT2D eigenvalue weighted by atomic mass is 32.2. The second kappa shape index (κ2) is 11.4. The van der Waals surface area contributed by atoms with Gasteiger partial charge in [0.25, 0.3) is 0 Å². The highest BCUT2D eigenvalue weighted by Crippen LogP contribution is 2.35. The largest absolute Gasteiger partial charge is 0.293 e. The van der Waals surface area contributed by atoms with Crippen molar-refractivity contribution in [2.45, 2.75) is 43.0 Å². The average Bonchev–Trinajstić information content (AvgIpc) is 2.97. The summed E-state index contributed by atoms with van der Waals surface area (Å²) in [4.78, 5) is 17.9. The van der Waals surface area contributed by atoms with Crippen LogP contribution < -0.4 is 0 Å². The summed E-state index contributed by atoms with van der Waals surface area (Å²) in [6.45, 7) is 0. The molecule has 0 aliphatic heterocycles. The molecule has 3 nitrogen and oxygen atoms in total. The topological polar surface area (TPSA) is 53.8 Å². The third-order valence-electron chi connectivity index (χ3n) is 6.90. The van der Waals surface area contributed by atoms with Crippen LogP contribution in [0.4, 0.5) is 0 Å². The molecule has 1 fully saturated rings. The molecule has 4 aromatic rings. The standard InChI is InChI=1S/C32H28N2OS/c33-21-29-28(25-12-6-2-7-13-25)20-30(26-14-8-3-9-15-26)34-32(29)36-22-31(35)27-18-16-24(17-19-27)23-10-4-1-5-11-23/h2-3,6-9,12-20,23H,1,4-5,10-11,22H2. The van der Waals surface area contributed by atoms with Gasteiger partial charge in [-0.15, -0.1) is 0 Å². The predicted molar refractivity (Wildman–Crippen MR) is 147 cm³/mol.